The third-order valence-electron chi connectivity index (χ3n) is 6.07. The second kappa shape index (κ2) is 12.3. The van der Waals surface area contributed by atoms with Crippen LogP contribution < -0.4 is 21.3 Å². The predicted octanol–water partition coefficient (Wildman–Crippen LogP) is 2.13. The van der Waals surface area contributed by atoms with E-state index in [0.717, 1.165) is 22.5 Å². The van der Waals surface area contributed by atoms with E-state index in [1.165, 1.54) is 32.5 Å². The summed E-state index contributed by atoms with van der Waals surface area (Å²) in [5.41, 5.74) is -3.20. The molecule has 4 aromatic rings. The van der Waals surface area contributed by atoms with Crippen LogP contribution in [0.4, 0.5) is 0 Å². The summed E-state index contributed by atoms with van der Waals surface area (Å²) in [5, 5.41) is 12.5. The largest absolute Gasteiger partial charge is 0.446 e. The highest BCUT2D eigenvalue weighted by Crippen LogP contribution is 2.42. The molecule has 2 aromatic carbocycles. The van der Waals surface area contributed by atoms with E-state index in [1.54, 1.807) is 17.5 Å². The SMILES string of the molecule is CC(=O)NC(C(=O)NCc1ccccc1)(c1ncco1)C(NC(C)=O)(C(=O)NCc1ccccc1)c1nccs1. The Morgan fingerprint density at radius 2 is 1.27 bits per heavy atom. The number of hydrogen-bond donors (Lipinski definition) is 4. The number of thiazole rings is 1. The van der Waals surface area contributed by atoms with Gasteiger partial charge in [0.05, 0.1) is 6.20 Å². The molecule has 0 aliphatic carbocycles. The molecular weight excluding hydrogens is 532 g/mol. The summed E-state index contributed by atoms with van der Waals surface area (Å²) in [5.74, 6) is -3.35. The zero-order valence-electron chi connectivity index (χ0n) is 21.8. The molecule has 4 rings (SSSR count). The number of benzene rings is 2. The maximum absolute atomic E-state index is 14.4. The highest BCUT2D eigenvalue weighted by molar-refractivity contribution is 7.09. The summed E-state index contributed by atoms with van der Waals surface area (Å²) in [7, 11) is 0. The third-order valence-corrected chi connectivity index (χ3v) is 6.96. The first-order valence-electron chi connectivity index (χ1n) is 12.3. The molecule has 4 N–H and O–H groups in total. The Morgan fingerprint density at radius 3 is 1.73 bits per heavy atom. The van der Waals surface area contributed by atoms with E-state index in [0.29, 0.717) is 0 Å². The Morgan fingerprint density at radius 1 is 0.750 bits per heavy atom. The quantitative estimate of drug-likeness (QED) is 0.219. The Bertz CT molecular complexity index is 1340. The molecule has 206 valence electrons. The fourth-order valence-corrected chi connectivity index (χ4v) is 5.28. The van der Waals surface area contributed by atoms with Crippen molar-refractivity contribution in [2.24, 2.45) is 0 Å². The van der Waals surface area contributed by atoms with Gasteiger partial charge in [-0.1, -0.05) is 60.7 Å². The average Bonchev–Trinajstić information content (AvgIpc) is 3.68. The number of oxazole rings is 1. The lowest BCUT2D eigenvalue weighted by atomic mass is 9.73. The molecule has 0 spiro atoms. The Labute approximate surface area is 234 Å². The van der Waals surface area contributed by atoms with Crippen molar-refractivity contribution in [2.75, 3.05) is 0 Å². The van der Waals surface area contributed by atoms with E-state index in [4.69, 9.17) is 4.42 Å². The number of hydrogen-bond acceptors (Lipinski definition) is 8. The number of aromatic nitrogens is 2. The molecule has 4 amide bonds. The summed E-state index contributed by atoms with van der Waals surface area (Å²) in [4.78, 5) is 63.0. The van der Waals surface area contributed by atoms with Crippen LogP contribution in [0.3, 0.4) is 0 Å². The van der Waals surface area contributed by atoms with Crippen LogP contribution in [0.1, 0.15) is 35.9 Å². The lowest BCUT2D eigenvalue weighted by Crippen LogP contribution is -2.76. The van der Waals surface area contributed by atoms with Gasteiger partial charge in [-0.25, -0.2) is 9.97 Å². The lowest BCUT2D eigenvalue weighted by molar-refractivity contribution is -0.150. The van der Waals surface area contributed by atoms with Gasteiger partial charge < -0.3 is 25.7 Å². The standard InChI is InChI=1S/C28H28N6O5S/c1-19(35)33-27(25-29-13-15-39-25,23(37)31-17-21-9-5-3-6-10-21)28(34-20(2)36,26-30-14-16-40-26)24(38)32-18-22-11-7-4-8-12-22/h3-16H,17-18H2,1-2H3,(H,31,37)(H,32,38)(H,33,35)(H,34,36). The predicted molar refractivity (Wildman–Crippen MR) is 146 cm³/mol. The monoisotopic (exact) mass is 560 g/mol. The molecule has 0 aliphatic heterocycles. The van der Waals surface area contributed by atoms with Gasteiger partial charge in [0.2, 0.25) is 28.8 Å². The van der Waals surface area contributed by atoms with Gasteiger partial charge in [0.15, 0.2) is 0 Å². The molecule has 0 fully saturated rings. The van der Waals surface area contributed by atoms with Crippen molar-refractivity contribution in [1.82, 2.24) is 31.2 Å². The first-order valence-corrected chi connectivity index (χ1v) is 13.2. The van der Waals surface area contributed by atoms with Crippen molar-refractivity contribution >= 4 is 35.0 Å². The van der Waals surface area contributed by atoms with E-state index < -0.39 is 34.7 Å². The fourth-order valence-electron chi connectivity index (χ4n) is 4.43. The molecule has 2 heterocycles. The van der Waals surface area contributed by atoms with E-state index in [2.05, 4.69) is 31.2 Å². The minimum Gasteiger partial charge on any atom is -0.446 e. The average molecular weight is 561 g/mol. The van der Waals surface area contributed by atoms with Gasteiger partial charge in [0, 0.05) is 38.5 Å². The number of nitrogens with zero attached hydrogens (tertiary/aromatic N) is 2. The van der Waals surface area contributed by atoms with Crippen molar-refractivity contribution in [3.63, 3.8) is 0 Å². The zero-order valence-corrected chi connectivity index (χ0v) is 22.7. The summed E-state index contributed by atoms with van der Waals surface area (Å²) in [6.45, 7) is 2.48. The normalized spacial score (nSPS) is 13.8. The van der Waals surface area contributed by atoms with E-state index in [1.807, 2.05) is 48.5 Å². The number of rotatable bonds is 11. The van der Waals surface area contributed by atoms with Gasteiger partial charge in [-0.3, -0.25) is 19.2 Å². The molecule has 2 atom stereocenters. The van der Waals surface area contributed by atoms with Gasteiger partial charge in [0.25, 0.3) is 11.8 Å². The van der Waals surface area contributed by atoms with E-state index in [-0.39, 0.29) is 24.0 Å². The van der Waals surface area contributed by atoms with Crippen LogP contribution in [0, 0.1) is 0 Å². The zero-order chi connectivity index (χ0) is 28.6. The van der Waals surface area contributed by atoms with Crippen LogP contribution >= 0.6 is 11.3 Å². The lowest BCUT2D eigenvalue weighted by Gasteiger charge is -2.45. The summed E-state index contributed by atoms with van der Waals surface area (Å²) in [6.07, 6.45) is 3.91. The topological polar surface area (TPSA) is 155 Å². The molecule has 0 radical (unpaired) electrons. The summed E-state index contributed by atoms with van der Waals surface area (Å²) >= 11 is 1.02. The highest BCUT2D eigenvalue weighted by Gasteiger charge is 2.69. The second-order valence-corrected chi connectivity index (χ2v) is 9.77. The first kappa shape index (κ1) is 28.2. The van der Waals surface area contributed by atoms with Crippen molar-refractivity contribution in [3.05, 3.63) is 107 Å². The molecule has 0 aliphatic rings. The smallest absolute Gasteiger partial charge is 0.259 e. The molecule has 0 bridgehead atoms. The number of nitrogens with one attached hydrogen (secondary N) is 4. The van der Waals surface area contributed by atoms with Crippen LogP contribution in [-0.2, 0) is 43.3 Å². The minimum absolute atomic E-state index is 0.0232. The van der Waals surface area contributed by atoms with Crippen molar-refractivity contribution < 1.29 is 23.6 Å². The van der Waals surface area contributed by atoms with Crippen molar-refractivity contribution in [3.8, 4) is 0 Å². The molecule has 12 heteroatoms. The summed E-state index contributed by atoms with van der Waals surface area (Å²) in [6, 6.07) is 18.2. The number of carbonyl (C=O) groups is 4. The fraction of sp³-hybridized carbons (Fsp3) is 0.214. The minimum atomic E-state index is -2.40. The number of carbonyl (C=O) groups excluding carboxylic acids is 4. The Hall–Kier alpha value is -4.84. The van der Waals surface area contributed by atoms with Gasteiger partial charge in [0.1, 0.15) is 11.3 Å². The molecular formula is C28H28N6O5S. The van der Waals surface area contributed by atoms with Crippen LogP contribution in [0.2, 0.25) is 0 Å². The maximum Gasteiger partial charge on any atom is 0.259 e. The summed E-state index contributed by atoms with van der Waals surface area (Å²) < 4.78 is 5.63. The maximum atomic E-state index is 14.4. The Balaban J connectivity index is 1.93. The molecule has 11 nitrogen and oxygen atoms in total. The number of amides is 4. The highest BCUT2D eigenvalue weighted by atomic mass is 32.1. The van der Waals surface area contributed by atoms with Gasteiger partial charge in [-0.15, -0.1) is 11.3 Å². The first-order chi connectivity index (χ1) is 19.3. The van der Waals surface area contributed by atoms with Crippen LogP contribution in [0.15, 0.2) is 89.1 Å². The Kier molecular flexibility index (Phi) is 8.70. The molecule has 40 heavy (non-hydrogen) atoms. The van der Waals surface area contributed by atoms with Crippen molar-refractivity contribution in [1.29, 1.82) is 0 Å². The van der Waals surface area contributed by atoms with Gasteiger partial charge in [-0.05, 0) is 11.1 Å². The van der Waals surface area contributed by atoms with Crippen molar-refractivity contribution in [2.45, 2.75) is 38.0 Å². The van der Waals surface area contributed by atoms with Gasteiger partial charge in [-0.2, -0.15) is 0 Å². The second-order valence-electron chi connectivity index (χ2n) is 8.87. The van der Waals surface area contributed by atoms with E-state index >= 15 is 0 Å². The van der Waals surface area contributed by atoms with E-state index in [9.17, 15) is 19.2 Å². The van der Waals surface area contributed by atoms with Crippen LogP contribution in [0.5, 0.6) is 0 Å². The molecule has 0 saturated carbocycles. The molecule has 2 unspecified atom stereocenters. The molecule has 2 aromatic heterocycles. The van der Waals surface area contributed by atoms with Crippen LogP contribution in [-0.4, -0.2) is 33.6 Å². The third kappa shape index (κ3) is 5.61. The molecule has 0 saturated heterocycles. The van der Waals surface area contributed by atoms with Gasteiger partial charge >= 0.3 is 0 Å². The van der Waals surface area contributed by atoms with Crippen LogP contribution in [0.25, 0.3) is 0 Å².